The van der Waals surface area contributed by atoms with Crippen LogP contribution in [0.1, 0.15) is 0 Å². The molecular formula is C4H7NO4S. The first kappa shape index (κ1) is 9.12. The van der Waals surface area contributed by atoms with E-state index in [1.165, 1.54) is 0 Å². The molecule has 0 unspecified atom stereocenters. The van der Waals surface area contributed by atoms with Crippen molar-refractivity contribution in [3.63, 3.8) is 0 Å². The van der Waals surface area contributed by atoms with Crippen LogP contribution in [0.2, 0.25) is 0 Å². The molecule has 0 aliphatic carbocycles. The van der Waals surface area contributed by atoms with Crippen molar-refractivity contribution in [3.8, 4) is 0 Å². The number of hydrogen-bond donors (Lipinski definition) is 1. The normalized spacial score (nSPS) is 10.9. The molecule has 0 rings (SSSR count). The molecule has 0 heterocycles. The van der Waals surface area contributed by atoms with Crippen LogP contribution in [0, 0.1) is 0 Å². The molecule has 1 amide bonds. The summed E-state index contributed by atoms with van der Waals surface area (Å²) in [4.78, 5) is 9.43. The lowest BCUT2D eigenvalue weighted by Crippen LogP contribution is -2.20. The number of carbonyl (C=O) groups is 1. The number of amides is 1. The van der Waals surface area contributed by atoms with Crippen LogP contribution in [0.25, 0.3) is 0 Å². The van der Waals surface area contributed by atoms with E-state index in [0.717, 1.165) is 7.11 Å². The minimum Gasteiger partial charge on any atom is -0.365 e. The third kappa shape index (κ3) is 1.82. The van der Waals surface area contributed by atoms with Gasteiger partial charge in [-0.05, 0) is 0 Å². The second-order valence-corrected chi connectivity index (χ2v) is 3.14. The molecule has 0 spiro atoms. The van der Waals surface area contributed by atoms with E-state index in [0.29, 0.717) is 0 Å². The highest BCUT2D eigenvalue weighted by atomic mass is 32.2. The van der Waals surface area contributed by atoms with E-state index < -0.39 is 20.9 Å². The van der Waals surface area contributed by atoms with Gasteiger partial charge in [0.25, 0.3) is 5.91 Å². The molecule has 0 aromatic heterocycles. The van der Waals surface area contributed by atoms with E-state index in [-0.39, 0.29) is 0 Å². The summed E-state index contributed by atoms with van der Waals surface area (Å²) < 4.78 is 25.0. The van der Waals surface area contributed by atoms with Gasteiger partial charge in [-0.2, -0.15) is 8.42 Å². The summed E-state index contributed by atoms with van der Waals surface area (Å²) in [6.07, 6.45) is 0. The summed E-state index contributed by atoms with van der Waals surface area (Å²) in [5.41, 5.74) is 4.60. The average Bonchev–Trinajstić information content (AvgIpc) is 1.86. The fourth-order valence-electron chi connectivity index (χ4n) is 0.224. The van der Waals surface area contributed by atoms with Crippen molar-refractivity contribution in [1.29, 1.82) is 0 Å². The van der Waals surface area contributed by atoms with Crippen LogP contribution < -0.4 is 5.73 Å². The molecule has 0 fully saturated rings. The minimum absolute atomic E-state index is 0.741. The second-order valence-electron chi connectivity index (χ2n) is 1.41. The van der Waals surface area contributed by atoms with Crippen LogP contribution >= 0.6 is 0 Å². The summed E-state index contributed by atoms with van der Waals surface area (Å²) >= 11 is 0. The number of nitrogens with two attached hydrogens (primary N) is 1. The van der Waals surface area contributed by atoms with Gasteiger partial charge in [0.15, 0.2) is 4.91 Å². The quantitative estimate of drug-likeness (QED) is 0.427. The highest BCUT2D eigenvalue weighted by Gasteiger charge is 2.18. The van der Waals surface area contributed by atoms with Gasteiger partial charge in [-0.3, -0.25) is 8.98 Å². The molecule has 0 aromatic rings. The molecule has 0 aliphatic rings. The molecule has 0 saturated heterocycles. The Hall–Kier alpha value is -0.880. The maximum absolute atomic E-state index is 10.5. The van der Waals surface area contributed by atoms with Gasteiger partial charge in [0.05, 0.1) is 7.11 Å². The van der Waals surface area contributed by atoms with Gasteiger partial charge in [-0.1, -0.05) is 6.58 Å². The average molecular weight is 165 g/mol. The maximum Gasteiger partial charge on any atom is 0.301 e. The fraction of sp³-hybridized carbons (Fsp3) is 0.250. The molecular weight excluding hydrogens is 158 g/mol. The van der Waals surface area contributed by atoms with E-state index in [9.17, 15) is 13.2 Å². The molecule has 58 valence electrons. The molecule has 0 bridgehead atoms. The first-order chi connectivity index (χ1) is 4.41. The van der Waals surface area contributed by atoms with Crippen molar-refractivity contribution in [2.24, 2.45) is 5.73 Å². The van der Waals surface area contributed by atoms with Gasteiger partial charge in [0.2, 0.25) is 0 Å². The van der Waals surface area contributed by atoms with E-state index in [2.05, 4.69) is 16.5 Å². The second kappa shape index (κ2) is 2.80. The number of carbonyl (C=O) groups excluding carboxylic acids is 1. The maximum atomic E-state index is 10.5. The highest BCUT2D eigenvalue weighted by molar-refractivity contribution is 7.91. The molecule has 10 heavy (non-hydrogen) atoms. The molecule has 0 aliphatic heterocycles. The summed E-state index contributed by atoms with van der Waals surface area (Å²) in [6, 6.07) is 0. The van der Waals surface area contributed by atoms with Gasteiger partial charge in [0.1, 0.15) is 0 Å². The van der Waals surface area contributed by atoms with Crippen LogP contribution in [0.3, 0.4) is 0 Å². The van der Waals surface area contributed by atoms with Crippen molar-refractivity contribution >= 4 is 16.0 Å². The van der Waals surface area contributed by atoms with E-state index in [4.69, 9.17) is 0 Å². The predicted octanol–water partition coefficient (Wildman–Crippen LogP) is -1.04. The lowest BCUT2D eigenvalue weighted by molar-refractivity contribution is -0.113. The van der Waals surface area contributed by atoms with Crippen LogP contribution in [-0.4, -0.2) is 21.4 Å². The van der Waals surface area contributed by atoms with Crippen molar-refractivity contribution in [3.05, 3.63) is 11.5 Å². The smallest absolute Gasteiger partial charge is 0.301 e. The standard InChI is InChI=1S/C4H7NO4S/c1-3(4(5)6)10(7,8)9-2/h1H2,2H3,(H2,5,6). The first-order valence-corrected chi connectivity index (χ1v) is 3.62. The Balaban J connectivity index is 4.70. The number of hydrogen-bond acceptors (Lipinski definition) is 4. The van der Waals surface area contributed by atoms with E-state index in [1.807, 2.05) is 0 Å². The monoisotopic (exact) mass is 165 g/mol. The van der Waals surface area contributed by atoms with Gasteiger partial charge in [-0.25, -0.2) is 0 Å². The summed E-state index contributed by atoms with van der Waals surface area (Å²) in [5, 5.41) is 0. The molecule has 0 aromatic carbocycles. The topological polar surface area (TPSA) is 86.5 Å². The lowest BCUT2D eigenvalue weighted by Gasteiger charge is -1.98. The molecule has 6 heteroatoms. The van der Waals surface area contributed by atoms with Crippen LogP contribution in [-0.2, 0) is 19.1 Å². The van der Waals surface area contributed by atoms with Crippen molar-refractivity contribution in [2.75, 3.05) is 7.11 Å². The Morgan fingerprint density at radius 3 is 2.10 bits per heavy atom. The van der Waals surface area contributed by atoms with Gasteiger partial charge in [-0.15, -0.1) is 0 Å². The molecule has 0 radical (unpaired) electrons. The van der Waals surface area contributed by atoms with Gasteiger partial charge >= 0.3 is 10.1 Å². The fourth-order valence-corrected chi connectivity index (χ4v) is 0.671. The molecule has 0 atom stereocenters. The Kier molecular flexibility index (Phi) is 2.56. The predicted molar refractivity (Wildman–Crippen MR) is 34.3 cm³/mol. The molecule has 0 saturated carbocycles. The Morgan fingerprint density at radius 2 is 2.00 bits per heavy atom. The molecule has 5 nitrogen and oxygen atoms in total. The van der Waals surface area contributed by atoms with Crippen LogP contribution in [0.5, 0.6) is 0 Å². The SMILES string of the molecule is C=C(C(N)=O)S(=O)(=O)OC. The number of primary amides is 1. The van der Waals surface area contributed by atoms with Crippen molar-refractivity contribution in [2.45, 2.75) is 0 Å². The Labute approximate surface area is 58.6 Å². The highest BCUT2D eigenvalue weighted by Crippen LogP contribution is 2.02. The minimum atomic E-state index is -3.97. The third-order valence-electron chi connectivity index (χ3n) is 0.796. The van der Waals surface area contributed by atoms with E-state index in [1.54, 1.807) is 0 Å². The first-order valence-electron chi connectivity index (χ1n) is 2.21. The largest absolute Gasteiger partial charge is 0.365 e. The van der Waals surface area contributed by atoms with Gasteiger partial charge in [0, 0.05) is 0 Å². The van der Waals surface area contributed by atoms with Gasteiger partial charge < -0.3 is 5.73 Å². The lowest BCUT2D eigenvalue weighted by atomic mass is 10.6. The summed E-state index contributed by atoms with van der Waals surface area (Å²) in [5.74, 6) is -1.11. The van der Waals surface area contributed by atoms with Crippen molar-refractivity contribution < 1.29 is 17.4 Å². The third-order valence-corrected chi connectivity index (χ3v) is 2.04. The zero-order chi connectivity index (χ0) is 8.36. The zero-order valence-corrected chi connectivity index (χ0v) is 6.14. The summed E-state index contributed by atoms with van der Waals surface area (Å²) in [6.45, 7) is 2.91. The molecule has 2 N–H and O–H groups in total. The summed E-state index contributed by atoms with van der Waals surface area (Å²) in [7, 11) is -3.05. The van der Waals surface area contributed by atoms with Crippen LogP contribution in [0.4, 0.5) is 0 Å². The zero-order valence-electron chi connectivity index (χ0n) is 5.33. The number of rotatable bonds is 3. The van der Waals surface area contributed by atoms with E-state index >= 15 is 0 Å². The van der Waals surface area contributed by atoms with Crippen LogP contribution in [0.15, 0.2) is 11.5 Å². The Morgan fingerprint density at radius 1 is 1.60 bits per heavy atom. The Bertz CT molecular complexity index is 252. The van der Waals surface area contributed by atoms with Crippen molar-refractivity contribution in [1.82, 2.24) is 0 Å².